The molecule has 0 bridgehead atoms. The molecule has 0 radical (unpaired) electrons. The van der Waals surface area contributed by atoms with Crippen LogP contribution in [0, 0.1) is 5.41 Å². The minimum absolute atomic E-state index is 0.213. The standard InChI is InChI=1S/C11H25N2O4PS/c1-11(2,8-14)9(15)10(16)12-4-6-18(3,17)13-5-7-19/h9,14-15,19H,4-8H2,1-3H3,(H,12,16)(H,13,17)/t9-,18?/m0/s1. The highest BCUT2D eigenvalue weighted by molar-refractivity contribution is 7.80. The van der Waals surface area contributed by atoms with Crippen molar-refractivity contribution in [2.24, 2.45) is 5.41 Å². The first kappa shape index (κ1) is 18.9. The van der Waals surface area contributed by atoms with Crippen LogP contribution < -0.4 is 10.4 Å². The number of carbonyl (C=O) groups is 1. The van der Waals surface area contributed by atoms with Crippen LogP contribution in [0.1, 0.15) is 13.8 Å². The monoisotopic (exact) mass is 312 g/mol. The van der Waals surface area contributed by atoms with E-state index in [0.29, 0.717) is 18.5 Å². The van der Waals surface area contributed by atoms with Gasteiger partial charge in [-0.05, 0) is 0 Å². The Morgan fingerprint density at radius 3 is 2.47 bits per heavy atom. The summed E-state index contributed by atoms with van der Waals surface area (Å²) in [7, 11) is -2.49. The first-order valence-electron chi connectivity index (χ1n) is 6.15. The van der Waals surface area contributed by atoms with Crippen molar-refractivity contribution in [2.45, 2.75) is 20.0 Å². The highest BCUT2D eigenvalue weighted by Crippen LogP contribution is 2.34. The number of carbonyl (C=O) groups excluding carboxylic acids is 1. The van der Waals surface area contributed by atoms with Gasteiger partial charge in [-0.15, -0.1) is 0 Å². The molecular weight excluding hydrogens is 287 g/mol. The largest absolute Gasteiger partial charge is 0.396 e. The van der Waals surface area contributed by atoms with Crippen molar-refractivity contribution < 1.29 is 19.6 Å². The first-order valence-corrected chi connectivity index (χ1v) is 9.12. The van der Waals surface area contributed by atoms with Crippen LogP contribution in [0.3, 0.4) is 0 Å². The molecule has 1 unspecified atom stereocenters. The predicted octanol–water partition coefficient (Wildman–Crippen LogP) is -0.0907. The number of thiol groups is 1. The number of aliphatic hydroxyl groups excluding tert-OH is 2. The summed E-state index contributed by atoms with van der Waals surface area (Å²) in [6, 6.07) is 0. The molecule has 19 heavy (non-hydrogen) atoms. The van der Waals surface area contributed by atoms with Crippen LogP contribution >= 0.6 is 19.9 Å². The summed E-state index contributed by atoms with van der Waals surface area (Å²) in [4.78, 5) is 11.7. The van der Waals surface area contributed by atoms with Gasteiger partial charge in [0.15, 0.2) is 0 Å². The Morgan fingerprint density at radius 2 is 2.00 bits per heavy atom. The zero-order valence-electron chi connectivity index (χ0n) is 11.7. The van der Waals surface area contributed by atoms with Gasteiger partial charge in [0.05, 0.1) is 6.61 Å². The van der Waals surface area contributed by atoms with Gasteiger partial charge in [-0.1, -0.05) is 13.8 Å². The highest BCUT2D eigenvalue weighted by Gasteiger charge is 2.32. The van der Waals surface area contributed by atoms with Crippen LogP contribution in [0.5, 0.6) is 0 Å². The van der Waals surface area contributed by atoms with Crippen molar-refractivity contribution in [3.63, 3.8) is 0 Å². The highest BCUT2D eigenvalue weighted by atomic mass is 32.1. The molecule has 6 nitrogen and oxygen atoms in total. The Morgan fingerprint density at radius 1 is 1.42 bits per heavy atom. The molecular formula is C11H25N2O4PS. The predicted molar refractivity (Wildman–Crippen MR) is 80.1 cm³/mol. The maximum Gasteiger partial charge on any atom is 0.249 e. The molecule has 0 rings (SSSR count). The van der Waals surface area contributed by atoms with Gasteiger partial charge in [0, 0.05) is 37.1 Å². The normalized spacial score (nSPS) is 16.7. The van der Waals surface area contributed by atoms with E-state index in [1.807, 2.05) is 0 Å². The van der Waals surface area contributed by atoms with Gasteiger partial charge in [-0.25, -0.2) is 0 Å². The Balaban J connectivity index is 4.14. The molecule has 0 aliphatic heterocycles. The lowest BCUT2D eigenvalue weighted by Crippen LogP contribution is -2.46. The van der Waals surface area contributed by atoms with E-state index in [-0.39, 0.29) is 13.2 Å². The number of nitrogens with one attached hydrogen (secondary N) is 2. The Bertz CT molecular complexity index is 339. The molecule has 4 N–H and O–H groups in total. The van der Waals surface area contributed by atoms with E-state index in [1.54, 1.807) is 20.5 Å². The number of hydrogen-bond donors (Lipinski definition) is 5. The number of amides is 1. The van der Waals surface area contributed by atoms with Crippen LogP contribution in [0.4, 0.5) is 0 Å². The number of hydrogen-bond acceptors (Lipinski definition) is 5. The SMILES string of the molecule is CC(C)(CO)[C@@H](O)C(=O)NCCP(C)(=O)NCCS. The Kier molecular flexibility index (Phi) is 8.24. The zero-order chi connectivity index (χ0) is 15.1. The molecule has 0 saturated heterocycles. The minimum atomic E-state index is -2.49. The average molecular weight is 312 g/mol. The summed E-state index contributed by atoms with van der Waals surface area (Å²) in [5, 5.41) is 24.2. The molecule has 8 heteroatoms. The Labute approximate surface area is 120 Å². The van der Waals surface area contributed by atoms with Crippen molar-refractivity contribution in [3.8, 4) is 0 Å². The summed E-state index contributed by atoms with van der Waals surface area (Å²) < 4.78 is 12.0. The van der Waals surface area contributed by atoms with Gasteiger partial charge in [-0.2, -0.15) is 12.6 Å². The molecule has 2 atom stereocenters. The second-order valence-electron chi connectivity index (χ2n) is 5.30. The maximum atomic E-state index is 12.0. The third-order valence-corrected chi connectivity index (χ3v) is 4.99. The second-order valence-corrected chi connectivity index (χ2v) is 8.71. The zero-order valence-corrected chi connectivity index (χ0v) is 13.5. The molecule has 0 aromatic heterocycles. The van der Waals surface area contributed by atoms with E-state index in [2.05, 4.69) is 23.0 Å². The summed E-state index contributed by atoms with van der Waals surface area (Å²) in [6.45, 7) is 5.26. The third kappa shape index (κ3) is 7.32. The van der Waals surface area contributed by atoms with Gasteiger partial charge in [0.1, 0.15) is 13.4 Å². The number of aliphatic hydroxyl groups is 2. The minimum Gasteiger partial charge on any atom is -0.396 e. The first-order chi connectivity index (χ1) is 8.66. The molecule has 0 heterocycles. The van der Waals surface area contributed by atoms with Crippen molar-refractivity contribution in [2.75, 3.05) is 38.3 Å². The molecule has 1 amide bonds. The van der Waals surface area contributed by atoms with Gasteiger partial charge in [0.2, 0.25) is 5.91 Å². The van der Waals surface area contributed by atoms with Crippen LogP contribution in [0.15, 0.2) is 0 Å². The molecule has 0 saturated carbocycles. The number of rotatable bonds is 9. The van der Waals surface area contributed by atoms with Crippen molar-refractivity contribution in [3.05, 3.63) is 0 Å². The summed E-state index contributed by atoms with van der Waals surface area (Å²) >= 11 is 4.02. The van der Waals surface area contributed by atoms with Gasteiger partial charge in [0.25, 0.3) is 0 Å². The van der Waals surface area contributed by atoms with Gasteiger partial charge >= 0.3 is 0 Å². The van der Waals surface area contributed by atoms with Crippen LogP contribution in [0.25, 0.3) is 0 Å². The van der Waals surface area contributed by atoms with E-state index >= 15 is 0 Å². The summed E-state index contributed by atoms with van der Waals surface area (Å²) in [5.41, 5.74) is -0.899. The average Bonchev–Trinajstić information content (AvgIpc) is 2.35. The topological polar surface area (TPSA) is 98.7 Å². The molecule has 114 valence electrons. The van der Waals surface area contributed by atoms with Crippen molar-refractivity contribution in [1.29, 1.82) is 0 Å². The smallest absolute Gasteiger partial charge is 0.249 e. The van der Waals surface area contributed by atoms with Crippen LogP contribution in [-0.4, -0.2) is 60.5 Å². The summed E-state index contributed by atoms with van der Waals surface area (Å²) in [5.74, 6) is 0.0291. The van der Waals surface area contributed by atoms with E-state index in [9.17, 15) is 14.5 Å². The quantitative estimate of drug-likeness (QED) is 0.303. The maximum absolute atomic E-state index is 12.0. The Hall–Kier alpha value is -0.0700. The van der Waals surface area contributed by atoms with E-state index in [0.717, 1.165) is 0 Å². The van der Waals surface area contributed by atoms with Crippen molar-refractivity contribution in [1.82, 2.24) is 10.4 Å². The lowest BCUT2D eigenvalue weighted by molar-refractivity contribution is -0.136. The van der Waals surface area contributed by atoms with E-state index < -0.39 is 24.7 Å². The second kappa shape index (κ2) is 8.27. The fraction of sp³-hybridized carbons (Fsp3) is 0.909. The summed E-state index contributed by atoms with van der Waals surface area (Å²) in [6.07, 6.45) is -0.988. The lowest BCUT2D eigenvalue weighted by atomic mass is 9.87. The molecule has 0 aliphatic rings. The fourth-order valence-corrected chi connectivity index (χ4v) is 2.87. The lowest BCUT2D eigenvalue weighted by Gasteiger charge is -2.27. The van der Waals surface area contributed by atoms with Crippen molar-refractivity contribution >= 4 is 25.8 Å². The van der Waals surface area contributed by atoms with Gasteiger partial charge < -0.3 is 20.1 Å². The fourth-order valence-electron chi connectivity index (χ4n) is 1.30. The molecule has 0 fully saturated rings. The molecule has 0 spiro atoms. The molecule has 0 aliphatic carbocycles. The van der Waals surface area contributed by atoms with E-state index in [4.69, 9.17) is 5.11 Å². The molecule has 0 aromatic rings. The van der Waals surface area contributed by atoms with Crippen LogP contribution in [-0.2, 0) is 9.36 Å². The van der Waals surface area contributed by atoms with Crippen LogP contribution in [0.2, 0.25) is 0 Å². The molecule has 0 aromatic carbocycles. The van der Waals surface area contributed by atoms with E-state index in [1.165, 1.54) is 0 Å². The third-order valence-electron chi connectivity index (χ3n) is 2.79. The van der Waals surface area contributed by atoms with Gasteiger partial charge in [-0.3, -0.25) is 9.88 Å².